The molecule has 110 valence electrons. The molecular weight excluding hydrogens is 280 g/mol. The van der Waals surface area contributed by atoms with Crippen molar-refractivity contribution in [3.63, 3.8) is 0 Å². The summed E-state index contributed by atoms with van der Waals surface area (Å²) in [5.41, 5.74) is 8.28. The lowest BCUT2D eigenvalue weighted by molar-refractivity contribution is 0.0752. The van der Waals surface area contributed by atoms with Gasteiger partial charge in [-0.15, -0.1) is 11.8 Å². The Kier molecular flexibility index (Phi) is 5.28. The van der Waals surface area contributed by atoms with E-state index in [9.17, 15) is 4.79 Å². The highest BCUT2D eigenvalue weighted by Gasteiger charge is 2.14. The predicted octanol–water partition coefficient (Wildman–Crippen LogP) is 3.65. The van der Waals surface area contributed by atoms with Crippen LogP contribution in [0.3, 0.4) is 0 Å². The van der Waals surface area contributed by atoms with Crippen LogP contribution < -0.4 is 5.73 Å². The van der Waals surface area contributed by atoms with Crippen molar-refractivity contribution in [3.05, 3.63) is 59.7 Å². The van der Waals surface area contributed by atoms with Crippen LogP contribution in [0.1, 0.15) is 22.8 Å². The van der Waals surface area contributed by atoms with Crippen LogP contribution in [0.2, 0.25) is 0 Å². The molecule has 0 saturated heterocycles. The molecule has 2 aromatic carbocycles. The van der Waals surface area contributed by atoms with Gasteiger partial charge in [-0.3, -0.25) is 4.79 Å². The third kappa shape index (κ3) is 4.02. The van der Waals surface area contributed by atoms with Crippen LogP contribution in [0.4, 0.5) is 5.69 Å². The van der Waals surface area contributed by atoms with Crippen molar-refractivity contribution in [2.45, 2.75) is 18.4 Å². The summed E-state index contributed by atoms with van der Waals surface area (Å²) in [6, 6.07) is 15.4. The Bertz CT molecular complexity index is 610. The number of carbonyl (C=O) groups is 1. The van der Waals surface area contributed by atoms with Gasteiger partial charge in [-0.1, -0.05) is 12.1 Å². The molecule has 0 aromatic heterocycles. The van der Waals surface area contributed by atoms with Crippen LogP contribution in [0, 0.1) is 0 Å². The van der Waals surface area contributed by atoms with Crippen LogP contribution >= 0.6 is 11.8 Å². The SMILES string of the molecule is CCN(Cc1cccc(N)c1)C(=O)c1ccc(SC)cc1. The molecular formula is C17H20N2OS. The average molecular weight is 300 g/mol. The molecule has 3 nitrogen and oxygen atoms in total. The summed E-state index contributed by atoms with van der Waals surface area (Å²) in [6.45, 7) is 3.23. The maximum atomic E-state index is 12.6. The number of hydrogen-bond donors (Lipinski definition) is 1. The summed E-state index contributed by atoms with van der Waals surface area (Å²) >= 11 is 1.67. The highest BCUT2D eigenvalue weighted by atomic mass is 32.2. The lowest BCUT2D eigenvalue weighted by atomic mass is 10.1. The maximum Gasteiger partial charge on any atom is 0.254 e. The molecule has 0 bridgehead atoms. The number of hydrogen-bond acceptors (Lipinski definition) is 3. The number of nitrogen functional groups attached to an aromatic ring is 1. The minimum absolute atomic E-state index is 0.0487. The molecule has 0 aliphatic rings. The lowest BCUT2D eigenvalue weighted by Gasteiger charge is -2.21. The largest absolute Gasteiger partial charge is 0.399 e. The Labute approximate surface area is 130 Å². The molecule has 0 heterocycles. The van der Waals surface area contributed by atoms with E-state index in [1.54, 1.807) is 11.8 Å². The highest BCUT2D eigenvalue weighted by molar-refractivity contribution is 7.98. The van der Waals surface area contributed by atoms with Gasteiger partial charge in [0.25, 0.3) is 5.91 Å². The van der Waals surface area contributed by atoms with E-state index in [1.807, 2.05) is 66.6 Å². The van der Waals surface area contributed by atoms with Gasteiger partial charge in [0.15, 0.2) is 0 Å². The third-order valence-electron chi connectivity index (χ3n) is 3.33. The molecule has 0 radical (unpaired) electrons. The van der Waals surface area contributed by atoms with Crippen LogP contribution in [-0.2, 0) is 6.54 Å². The van der Waals surface area contributed by atoms with Gasteiger partial charge >= 0.3 is 0 Å². The summed E-state index contributed by atoms with van der Waals surface area (Å²) in [6.07, 6.45) is 2.02. The number of thioether (sulfide) groups is 1. The molecule has 0 unspecified atom stereocenters. The number of anilines is 1. The van der Waals surface area contributed by atoms with Crippen molar-refractivity contribution in [1.29, 1.82) is 0 Å². The van der Waals surface area contributed by atoms with E-state index in [0.29, 0.717) is 13.1 Å². The molecule has 0 aliphatic carbocycles. The van der Waals surface area contributed by atoms with Crippen molar-refractivity contribution in [1.82, 2.24) is 4.90 Å². The van der Waals surface area contributed by atoms with E-state index >= 15 is 0 Å². The maximum absolute atomic E-state index is 12.6. The first-order valence-corrected chi connectivity index (χ1v) is 8.14. The van der Waals surface area contributed by atoms with Gasteiger partial charge in [0.1, 0.15) is 0 Å². The Morgan fingerprint density at radius 3 is 2.48 bits per heavy atom. The zero-order chi connectivity index (χ0) is 15.2. The summed E-state index contributed by atoms with van der Waals surface area (Å²) in [5, 5.41) is 0. The van der Waals surface area contributed by atoms with E-state index in [0.717, 1.165) is 21.7 Å². The van der Waals surface area contributed by atoms with E-state index in [1.165, 1.54) is 0 Å². The fourth-order valence-electron chi connectivity index (χ4n) is 2.16. The summed E-state index contributed by atoms with van der Waals surface area (Å²) in [4.78, 5) is 15.5. The second-order valence-electron chi connectivity index (χ2n) is 4.79. The van der Waals surface area contributed by atoms with E-state index < -0.39 is 0 Å². The van der Waals surface area contributed by atoms with Crippen LogP contribution in [0.15, 0.2) is 53.4 Å². The van der Waals surface area contributed by atoms with Crippen LogP contribution in [0.5, 0.6) is 0 Å². The monoisotopic (exact) mass is 300 g/mol. The van der Waals surface area contributed by atoms with Crippen LogP contribution in [0.25, 0.3) is 0 Å². The molecule has 2 N–H and O–H groups in total. The van der Waals surface area contributed by atoms with Gasteiger partial charge in [0.05, 0.1) is 0 Å². The Balaban J connectivity index is 2.14. The number of nitrogens with zero attached hydrogens (tertiary/aromatic N) is 1. The number of nitrogens with two attached hydrogens (primary N) is 1. The third-order valence-corrected chi connectivity index (χ3v) is 4.07. The second-order valence-corrected chi connectivity index (χ2v) is 5.67. The number of rotatable bonds is 5. The zero-order valence-electron chi connectivity index (χ0n) is 12.4. The number of amides is 1. The summed E-state index contributed by atoms with van der Waals surface area (Å²) in [7, 11) is 0. The quantitative estimate of drug-likeness (QED) is 0.677. The average Bonchev–Trinajstić information content (AvgIpc) is 2.52. The van der Waals surface area contributed by atoms with Gasteiger partial charge in [0.2, 0.25) is 0 Å². The molecule has 0 fully saturated rings. The molecule has 0 saturated carbocycles. The summed E-state index contributed by atoms with van der Waals surface area (Å²) in [5.74, 6) is 0.0487. The molecule has 0 aliphatic heterocycles. The minimum Gasteiger partial charge on any atom is -0.399 e. The first-order chi connectivity index (χ1) is 10.1. The van der Waals surface area contributed by atoms with Crippen molar-refractivity contribution in [2.75, 3.05) is 18.5 Å². The van der Waals surface area contributed by atoms with E-state index in [-0.39, 0.29) is 5.91 Å². The first-order valence-electron chi connectivity index (χ1n) is 6.91. The minimum atomic E-state index is 0.0487. The van der Waals surface area contributed by atoms with E-state index in [4.69, 9.17) is 5.73 Å². The Morgan fingerprint density at radius 2 is 1.90 bits per heavy atom. The van der Waals surface area contributed by atoms with E-state index in [2.05, 4.69) is 0 Å². The lowest BCUT2D eigenvalue weighted by Crippen LogP contribution is -2.30. The normalized spacial score (nSPS) is 10.4. The molecule has 2 rings (SSSR count). The Hall–Kier alpha value is -1.94. The van der Waals surface area contributed by atoms with Crippen molar-refractivity contribution in [2.24, 2.45) is 0 Å². The standard InChI is InChI=1S/C17H20N2OS/c1-3-19(12-13-5-4-6-15(18)11-13)17(20)14-7-9-16(21-2)10-8-14/h4-11H,3,12,18H2,1-2H3. The van der Waals surface area contributed by atoms with Crippen molar-refractivity contribution >= 4 is 23.4 Å². The molecule has 1 amide bonds. The van der Waals surface area contributed by atoms with Gasteiger partial charge in [-0.2, -0.15) is 0 Å². The van der Waals surface area contributed by atoms with Crippen molar-refractivity contribution in [3.8, 4) is 0 Å². The fourth-order valence-corrected chi connectivity index (χ4v) is 2.56. The number of carbonyl (C=O) groups excluding carboxylic acids is 1. The van der Waals surface area contributed by atoms with Gasteiger partial charge < -0.3 is 10.6 Å². The Morgan fingerprint density at radius 1 is 1.19 bits per heavy atom. The molecule has 0 spiro atoms. The summed E-state index contributed by atoms with van der Waals surface area (Å²) < 4.78 is 0. The molecule has 2 aromatic rings. The highest BCUT2D eigenvalue weighted by Crippen LogP contribution is 2.17. The molecule has 21 heavy (non-hydrogen) atoms. The number of benzene rings is 2. The van der Waals surface area contributed by atoms with Crippen molar-refractivity contribution < 1.29 is 4.79 Å². The topological polar surface area (TPSA) is 46.3 Å². The molecule has 4 heteroatoms. The van der Waals surface area contributed by atoms with Gasteiger partial charge in [0, 0.05) is 29.2 Å². The van der Waals surface area contributed by atoms with Crippen LogP contribution in [-0.4, -0.2) is 23.6 Å². The van der Waals surface area contributed by atoms with Gasteiger partial charge in [-0.25, -0.2) is 0 Å². The smallest absolute Gasteiger partial charge is 0.254 e. The zero-order valence-corrected chi connectivity index (χ0v) is 13.2. The predicted molar refractivity (Wildman–Crippen MR) is 89.5 cm³/mol. The molecule has 0 atom stereocenters. The fraction of sp³-hybridized carbons (Fsp3) is 0.235. The second kappa shape index (κ2) is 7.18. The first kappa shape index (κ1) is 15.4. The van der Waals surface area contributed by atoms with Gasteiger partial charge in [-0.05, 0) is 55.1 Å².